The third-order valence-corrected chi connectivity index (χ3v) is 2.95. The molecule has 0 amide bonds. The van der Waals surface area contributed by atoms with E-state index in [-0.39, 0.29) is 42.2 Å². The van der Waals surface area contributed by atoms with Crippen molar-refractivity contribution in [3.63, 3.8) is 0 Å². The number of aliphatic hydroxyl groups is 1. The van der Waals surface area contributed by atoms with Gasteiger partial charge in [0.05, 0.1) is 12.6 Å². The van der Waals surface area contributed by atoms with Gasteiger partial charge in [-0.3, -0.25) is 4.99 Å². The number of nitrogens with zero attached hydrogens (tertiary/aromatic N) is 1. The second-order valence-corrected chi connectivity index (χ2v) is 4.68. The van der Waals surface area contributed by atoms with Crippen molar-refractivity contribution in [3.05, 3.63) is 60.2 Å². The maximum atomic E-state index is 12.2. The van der Waals surface area contributed by atoms with E-state index >= 15 is 0 Å². The first-order chi connectivity index (χ1) is 11.0. The smallest absolute Gasteiger partial charge is 0.387 e. The van der Waals surface area contributed by atoms with Crippen LogP contribution in [0.1, 0.15) is 11.7 Å². The van der Waals surface area contributed by atoms with Crippen molar-refractivity contribution in [2.75, 3.05) is 11.9 Å². The van der Waals surface area contributed by atoms with Gasteiger partial charge in [0.2, 0.25) is 0 Å². The van der Waals surface area contributed by atoms with Gasteiger partial charge in [-0.05, 0) is 29.8 Å². The molecule has 0 aromatic heterocycles. The van der Waals surface area contributed by atoms with E-state index in [4.69, 9.17) is 5.73 Å². The lowest BCUT2D eigenvalue weighted by molar-refractivity contribution is -0.0499. The summed E-state index contributed by atoms with van der Waals surface area (Å²) in [5.41, 5.74) is 6.92. The number of ether oxygens (including phenoxy) is 1. The van der Waals surface area contributed by atoms with Crippen LogP contribution in [0.25, 0.3) is 0 Å². The van der Waals surface area contributed by atoms with Gasteiger partial charge in [-0.15, -0.1) is 24.0 Å². The number of hydrogen-bond donors (Lipinski definition) is 3. The number of rotatable bonds is 6. The molecule has 1 atom stereocenters. The van der Waals surface area contributed by atoms with Crippen LogP contribution in [0, 0.1) is 0 Å². The minimum atomic E-state index is -2.91. The molecule has 0 heterocycles. The number of nitrogens with two attached hydrogens (primary N) is 1. The fraction of sp³-hybridized carbons (Fsp3) is 0.188. The number of halogens is 3. The molecule has 1 unspecified atom stereocenters. The molecule has 24 heavy (non-hydrogen) atoms. The van der Waals surface area contributed by atoms with E-state index in [2.05, 4.69) is 15.0 Å². The molecule has 130 valence electrons. The highest BCUT2D eigenvalue weighted by Crippen LogP contribution is 2.21. The summed E-state index contributed by atoms with van der Waals surface area (Å²) in [7, 11) is 0. The van der Waals surface area contributed by atoms with Crippen molar-refractivity contribution in [2.45, 2.75) is 12.7 Å². The highest BCUT2D eigenvalue weighted by Gasteiger charge is 2.10. The maximum Gasteiger partial charge on any atom is 0.387 e. The van der Waals surface area contributed by atoms with Crippen LogP contribution in [0.2, 0.25) is 0 Å². The van der Waals surface area contributed by atoms with Crippen LogP contribution >= 0.6 is 24.0 Å². The first-order valence-electron chi connectivity index (χ1n) is 6.89. The third kappa shape index (κ3) is 6.67. The summed E-state index contributed by atoms with van der Waals surface area (Å²) in [6, 6.07) is 15.1. The third-order valence-electron chi connectivity index (χ3n) is 2.95. The minimum absolute atomic E-state index is 0. The van der Waals surface area contributed by atoms with Gasteiger partial charge >= 0.3 is 6.61 Å². The van der Waals surface area contributed by atoms with E-state index in [0.29, 0.717) is 5.56 Å². The minimum Gasteiger partial charge on any atom is -0.435 e. The Kier molecular flexibility index (Phi) is 8.41. The molecule has 0 radical (unpaired) electrons. The number of anilines is 1. The second kappa shape index (κ2) is 10.0. The number of aliphatic imine (C=N–C) groups is 1. The Morgan fingerprint density at radius 1 is 1.17 bits per heavy atom. The van der Waals surface area contributed by atoms with Crippen LogP contribution in [-0.2, 0) is 0 Å². The molecule has 0 saturated carbocycles. The van der Waals surface area contributed by atoms with Gasteiger partial charge in [-0.2, -0.15) is 8.78 Å². The Morgan fingerprint density at radius 2 is 1.88 bits per heavy atom. The number of guanidine groups is 1. The molecule has 0 aliphatic rings. The summed E-state index contributed by atoms with van der Waals surface area (Å²) in [5, 5.41) is 12.9. The quantitative estimate of drug-likeness (QED) is 0.359. The summed E-state index contributed by atoms with van der Waals surface area (Å²) in [6.07, 6.45) is -0.979. The molecule has 0 fully saturated rings. The summed E-state index contributed by atoms with van der Waals surface area (Å²) < 4.78 is 28.7. The number of aliphatic hydroxyl groups excluding tert-OH is 1. The molecular formula is C16H18F2IN3O2. The van der Waals surface area contributed by atoms with Gasteiger partial charge < -0.3 is 20.9 Å². The fourth-order valence-electron chi connectivity index (χ4n) is 1.90. The van der Waals surface area contributed by atoms with Crippen molar-refractivity contribution in [1.82, 2.24) is 0 Å². The van der Waals surface area contributed by atoms with Crippen LogP contribution in [0.5, 0.6) is 5.75 Å². The predicted octanol–water partition coefficient (Wildman–Crippen LogP) is 3.37. The Morgan fingerprint density at radius 3 is 2.54 bits per heavy atom. The van der Waals surface area contributed by atoms with Crippen molar-refractivity contribution in [1.29, 1.82) is 0 Å². The molecule has 2 rings (SSSR count). The average Bonchev–Trinajstić information content (AvgIpc) is 2.53. The van der Waals surface area contributed by atoms with Crippen molar-refractivity contribution < 1.29 is 18.6 Å². The van der Waals surface area contributed by atoms with Gasteiger partial charge in [0, 0.05) is 5.69 Å². The Hall–Kier alpha value is -1.94. The van der Waals surface area contributed by atoms with E-state index in [1.165, 1.54) is 18.2 Å². The summed E-state index contributed by atoms with van der Waals surface area (Å²) in [4.78, 5) is 4.03. The first kappa shape index (κ1) is 20.1. The van der Waals surface area contributed by atoms with E-state index in [1.807, 2.05) is 30.3 Å². The molecule has 2 aromatic carbocycles. The number of para-hydroxylation sites is 1. The standard InChI is InChI=1S/C16H17F2N3O2.HI/c17-15(18)23-13-8-4-5-11(9-13)14(22)10-20-16(19)21-12-6-2-1-3-7-12;/h1-9,14-15,22H,10H2,(H3,19,20,21);1H. The Balaban J connectivity index is 0.00000288. The molecule has 2 aromatic rings. The van der Waals surface area contributed by atoms with Crippen LogP contribution in [-0.4, -0.2) is 24.2 Å². The van der Waals surface area contributed by atoms with Crippen LogP contribution in [0.15, 0.2) is 59.6 Å². The molecule has 0 saturated heterocycles. The normalized spacial score (nSPS) is 12.4. The average molecular weight is 449 g/mol. The van der Waals surface area contributed by atoms with E-state index in [9.17, 15) is 13.9 Å². The largest absolute Gasteiger partial charge is 0.435 e. The zero-order valence-electron chi connectivity index (χ0n) is 12.6. The van der Waals surface area contributed by atoms with Gasteiger partial charge in [0.1, 0.15) is 5.75 Å². The van der Waals surface area contributed by atoms with E-state index in [1.54, 1.807) is 6.07 Å². The van der Waals surface area contributed by atoms with Crippen LogP contribution < -0.4 is 15.8 Å². The van der Waals surface area contributed by atoms with Gasteiger partial charge in [0.25, 0.3) is 0 Å². The van der Waals surface area contributed by atoms with Gasteiger partial charge in [0.15, 0.2) is 5.96 Å². The highest BCUT2D eigenvalue weighted by molar-refractivity contribution is 14.0. The lowest BCUT2D eigenvalue weighted by atomic mass is 10.1. The zero-order chi connectivity index (χ0) is 16.7. The molecule has 5 nitrogen and oxygen atoms in total. The van der Waals surface area contributed by atoms with Crippen molar-refractivity contribution in [2.24, 2.45) is 10.7 Å². The summed E-state index contributed by atoms with van der Waals surface area (Å²) in [5.74, 6) is 0.131. The molecular weight excluding hydrogens is 431 g/mol. The lowest BCUT2D eigenvalue weighted by Gasteiger charge is -2.11. The topological polar surface area (TPSA) is 79.9 Å². The summed E-state index contributed by atoms with van der Waals surface area (Å²) >= 11 is 0. The zero-order valence-corrected chi connectivity index (χ0v) is 14.9. The Labute approximate surface area is 155 Å². The predicted molar refractivity (Wildman–Crippen MR) is 100 cm³/mol. The molecule has 4 N–H and O–H groups in total. The maximum absolute atomic E-state index is 12.2. The first-order valence-corrected chi connectivity index (χ1v) is 6.89. The monoisotopic (exact) mass is 449 g/mol. The number of nitrogens with one attached hydrogen (secondary N) is 1. The Bertz CT molecular complexity index is 657. The van der Waals surface area contributed by atoms with Crippen molar-refractivity contribution in [3.8, 4) is 5.75 Å². The molecule has 0 bridgehead atoms. The van der Waals surface area contributed by atoms with Crippen LogP contribution in [0.3, 0.4) is 0 Å². The molecule has 0 spiro atoms. The fourth-order valence-corrected chi connectivity index (χ4v) is 1.90. The molecule has 0 aliphatic heterocycles. The van der Waals surface area contributed by atoms with Crippen LogP contribution in [0.4, 0.5) is 14.5 Å². The number of hydrogen-bond acceptors (Lipinski definition) is 3. The molecule has 0 aliphatic carbocycles. The van der Waals surface area contributed by atoms with E-state index < -0.39 is 12.7 Å². The second-order valence-electron chi connectivity index (χ2n) is 4.68. The number of benzene rings is 2. The highest BCUT2D eigenvalue weighted by atomic mass is 127. The molecule has 8 heteroatoms. The van der Waals surface area contributed by atoms with E-state index in [0.717, 1.165) is 5.69 Å². The van der Waals surface area contributed by atoms with Gasteiger partial charge in [-0.1, -0.05) is 30.3 Å². The van der Waals surface area contributed by atoms with Crippen molar-refractivity contribution >= 4 is 35.6 Å². The summed E-state index contributed by atoms with van der Waals surface area (Å²) in [6.45, 7) is -2.92. The lowest BCUT2D eigenvalue weighted by Crippen LogP contribution is -2.23. The van der Waals surface area contributed by atoms with Gasteiger partial charge in [-0.25, -0.2) is 0 Å². The number of alkyl halides is 2. The SMILES string of the molecule is I.NC(=NCC(O)c1cccc(OC(F)F)c1)Nc1ccccc1.